The van der Waals surface area contributed by atoms with Gasteiger partial charge in [-0.05, 0) is 69.8 Å². The lowest BCUT2D eigenvalue weighted by Crippen LogP contribution is -2.34. The maximum atomic E-state index is 12.9. The maximum absolute atomic E-state index is 12.9. The van der Waals surface area contributed by atoms with E-state index < -0.39 is 11.7 Å². The number of rotatable bonds is 5. The number of carbonyl (C=O) groups is 1. The average molecular weight is 396 g/mol. The first-order valence-electron chi connectivity index (χ1n) is 10.5. The standard InChI is InChI=1S/C24H33N3O2/c1-18(2)17-26-15-9-12-21(26)19-13-14-22(25-16-19)27(20-10-7-6-8-11-20)23(28)29-24(3,4)5/h6-8,10-11,13-14,16,18,21H,9,12,15,17H2,1-5H3. The van der Waals surface area contributed by atoms with Crippen molar-refractivity contribution in [2.24, 2.45) is 5.92 Å². The van der Waals surface area contributed by atoms with Gasteiger partial charge in [-0.15, -0.1) is 0 Å². The van der Waals surface area contributed by atoms with Gasteiger partial charge in [0.05, 0.1) is 5.69 Å². The molecule has 1 aromatic carbocycles. The summed E-state index contributed by atoms with van der Waals surface area (Å²) in [4.78, 5) is 21.7. The molecular formula is C24H33N3O2. The van der Waals surface area contributed by atoms with E-state index in [0.29, 0.717) is 17.8 Å². The zero-order valence-electron chi connectivity index (χ0n) is 18.3. The molecule has 29 heavy (non-hydrogen) atoms. The molecule has 156 valence electrons. The Balaban J connectivity index is 1.86. The van der Waals surface area contributed by atoms with Crippen LogP contribution >= 0.6 is 0 Å². The highest BCUT2D eigenvalue weighted by atomic mass is 16.6. The van der Waals surface area contributed by atoms with Crippen LogP contribution in [0.5, 0.6) is 0 Å². The Morgan fingerprint density at radius 1 is 1.21 bits per heavy atom. The highest BCUT2D eigenvalue weighted by Gasteiger charge is 2.28. The Bertz CT molecular complexity index is 797. The first kappa shape index (κ1) is 21.3. The van der Waals surface area contributed by atoms with E-state index in [2.05, 4.69) is 29.8 Å². The third kappa shape index (κ3) is 5.57. The van der Waals surface area contributed by atoms with Crippen LogP contribution in [0.4, 0.5) is 16.3 Å². The van der Waals surface area contributed by atoms with Crippen LogP contribution in [0.3, 0.4) is 0 Å². The number of nitrogens with zero attached hydrogens (tertiary/aromatic N) is 3. The molecule has 0 saturated carbocycles. The van der Waals surface area contributed by atoms with E-state index in [1.807, 2.05) is 63.4 Å². The number of hydrogen-bond donors (Lipinski definition) is 0. The van der Waals surface area contributed by atoms with Gasteiger partial charge in [0.1, 0.15) is 11.4 Å². The molecule has 0 bridgehead atoms. The van der Waals surface area contributed by atoms with Crippen molar-refractivity contribution in [3.05, 3.63) is 54.2 Å². The summed E-state index contributed by atoms with van der Waals surface area (Å²) in [5.41, 5.74) is 1.37. The van der Waals surface area contributed by atoms with Gasteiger partial charge in [0.2, 0.25) is 0 Å². The van der Waals surface area contributed by atoms with E-state index in [1.165, 1.54) is 16.9 Å². The summed E-state index contributed by atoms with van der Waals surface area (Å²) < 4.78 is 5.64. The summed E-state index contributed by atoms with van der Waals surface area (Å²) >= 11 is 0. The van der Waals surface area contributed by atoms with Crippen molar-refractivity contribution in [3.63, 3.8) is 0 Å². The minimum absolute atomic E-state index is 0.408. The summed E-state index contributed by atoms with van der Waals surface area (Å²) in [5.74, 6) is 1.21. The van der Waals surface area contributed by atoms with Crippen LogP contribution in [0.2, 0.25) is 0 Å². The highest BCUT2D eigenvalue weighted by molar-refractivity contribution is 5.95. The maximum Gasteiger partial charge on any atom is 0.420 e. The minimum Gasteiger partial charge on any atom is -0.443 e. The summed E-state index contributed by atoms with van der Waals surface area (Å²) in [5, 5.41) is 0. The fraction of sp³-hybridized carbons (Fsp3) is 0.500. The van der Waals surface area contributed by atoms with E-state index in [1.54, 1.807) is 0 Å². The largest absolute Gasteiger partial charge is 0.443 e. The van der Waals surface area contributed by atoms with Gasteiger partial charge >= 0.3 is 6.09 Å². The zero-order chi connectivity index (χ0) is 21.0. The smallest absolute Gasteiger partial charge is 0.420 e. The number of ether oxygens (including phenoxy) is 1. The zero-order valence-corrected chi connectivity index (χ0v) is 18.3. The van der Waals surface area contributed by atoms with Gasteiger partial charge < -0.3 is 4.74 Å². The molecule has 5 heteroatoms. The van der Waals surface area contributed by atoms with Crippen LogP contribution in [0.1, 0.15) is 59.1 Å². The van der Waals surface area contributed by atoms with Crippen molar-refractivity contribution < 1.29 is 9.53 Å². The first-order chi connectivity index (χ1) is 13.7. The third-order valence-electron chi connectivity index (χ3n) is 4.94. The second-order valence-electron chi connectivity index (χ2n) is 9.15. The van der Waals surface area contributed by atoms with Gasteiger partial charge in [-0.3, -0.25) is 4.90 Å². The van der Waals surface area contributed by atoms with Gasteiger partial charge in [0.25, 0.3) is 0 Å². The molecule has 1 unspecified atom stereocenters. The second-order valence-corrected chi connectivity index (χ2v) is 9.15. The van der Waals surface area contributed by atoms with Gasteiger partial charge in [-0.1, -0.05) is 38.1 Å². The minimum atomic E-state index is -0.578. The summed E-state index contributed by atoms with van der Waals surface area (Å²) in [6.45, 7) is 12.4. The van der Waals surface area contributed by atoms with E-state index in [9.17, 15) is 4.79 Å². The molecule has 1 saturated heterocycles. The monoisotopic (exact) mass is 395 g/mol. The molecule has 0 N–H and O–H groups in total. The van der Waals surface area contributed by atoms with Crippen LogP contribution in [-0.2, 0) is 4.74 Å². The summed E-state index contributed by atoms with van der Waals surface area (Å²) in [6.07, 6.45) is 3.86. The van der Waals surface area contributed by atoms with E-state index in [4.69, 9.17) is 4.74 Å². The van der Waals surface area contributed by atoms with Crippen LogP contribution in [0.15, 0.2) is 48.7 Å². The number of pyridine rings is 1. The Kier molecular flexibility index (Phi) is 6.58. The molecule has 1 amide bonds. The lowest BCUT2D eigenvalue weighted by molar-refractivity contribution is 0.0598. The Morgan fingerprint density at radius 3 is 2.52 bits per heavy atom. The lowest BCUT2D eigenvalue weighted by atomic mass is 10.1. The van der Waals surface area contributed by atoms with Crippen LogP contribution < -0.4 is 4.90 Å². The topological polar surface area (TPSA) is 45.7 Å². The number of anilines is 2. The molecule has 0 spiro atoms. The Morgan fingerprint density at radius 2 is 1.93 bits per heavy atom. The van der Waals surface area contributed by atoms with Crippen molar-refractivity contribution in [2.75, 3.05) is 18.0 Å². The molecule has 1 aliphatic rings. The van der Waals surface area contributed by atoms with Crippen molar-refractivity contribution in [2.45, 2.75) is 59.1 Å². The van der Waals surface area contributed by atoms with E-state index in [-0.39, 0.29) is 0 Å². The van der Waals surface area contributed by atoms with E-state index >= 15 is 0 Å². The molecule has 1 aromatic heterocycles. The second kappa shape index (κ2) is 8.95. The predicted octanol–water partition coefficient (Wildman–Crippen LogP) is 5.95. The number of benzene rings is 1. The van der Waals surface area contributed by atoms with Crippen molar-refractivity contribution in [1.82, 2.24) is 9.88 Å². The molecule has 3 rings (SSSR count). The van der Waals surface area contributed by atoms with Gasteiger partial charge in [0.15, 0.2) is 0 Å². The fourth-order valence-electron chi connectivity index (χ4n) is 3.83. The van der Waals surface area contributed by atoms with Crippen LogP contribution in [0.25, 0.3) is 0 Å². The molecule has 1 fully saturated rings. The van der Waals surface area contributed by atoms with Gasteiger partial charge in [-0.2, -0.15) is 0 Å². The number of aromatic nitrogens is 1. The highest BCUT2D eigenvalue weighted by Crippen LogP contribution is 2.33. The van der Waals surface area contributed by atoms with Crippen LogP contribution in [-0.4, -0.2) is 34.7 Å². The van der Waals surface area contributed by atoms with Crippen LogP contribution in [0, 0.1) is 5.92 Å². The number of amides is 1. The summed E-state index contributed by atoms with van der Waals surface area (Å²) in [6, 6.07) is 14.0. The molecule has 1 atom stereocenters. The SMILES string of the molecule is CC(C)CN1CCCC1c1ccc(N(C(=O)OC(C)(C)C)c2ccccc2)nc1. The number of para-hydroxylation sites is 1. The first-order valence-corrected chi connectivity index (χ1v) is 10.5. The predicted molar refractivity (Wildman–Crippen MR) is 117 cm³/mol. The van der Waals surface area contributed by atoms with Crippen molar-refractivity contribution in [3.8, 4) is 0 Å². The Hall–Kier alpha value is -2.40. The van der Waals surface area contributed by atoms with E-state index in [0.717, 1.165) is 25.2 Å². The van der Waals surface area contributed by atoms with Gasteiger partial charge in [-0.25, -0.2) is 14.7 Å². The third-order valence-corrected chi connectivity index (χ3v) is 4.94. The molecule has 1 aliphatic heterocycles. The number of likely N-dealkylation sites (tertiary alicyclic amines) is 1. The molecule has 0 aliphatic carbocycles. The number of hydrogen-bond acceptors (Lipinski definition) is 4. The molecule has 2 heterocycles. The molecule has 2 aromatic rings. The van der Waals surface area contributed by atoms with Crippen molar-refractivity contribution in [1.29, 1.82) is 0 Å². The number of carbonyl (C=O) groups excluding carboxylic acids is 1. The molecular weight excluding hydrogens is 362 g/mol. The molecule has 0 radical (unpaired) electrons. The lowest BCUT2D eigenvalue weighted by Gasteiger charge is -2.28. The quantitative estimate of drug-likeness (QED) is 0.628. The average Bonchev–Trinajstić information content (AvgIpc) is 3.09. The summed E-state index contributed by atoms with van der Waals surface area (Å²) in [7, 11) is 0. The van der Waals surface area contributed by atoms with Gasteiger partial charge in [0, 0.05) is 18.8 Å². The molecule has 5 nitrogen and oxygen atoms in total. The fourth-order valence-corrected chi connectivity index (χ4v) is 3.83. The normalized spacial score (nSPS) is 17.5. The Labute approximate surface area is 174 Å². The van der Waals surface area contributed by atoms with Crippen molar-refractivity contribution >= 4 is 17.6 Å².